The molecule has 0 aliphatic rings. The Kier molecular flexibility index (Phi) is 4.82. The van der Waals surface area contributed by atoms with Crippen molar-refractivity contribution in [3.63, 3.8) is 0 Å². The zero-order valence-corrected chi connectivity index (χ0v) is 10.0. The molecule has 0 spiro atoms. The zero-order chi connectivity index (χ0) is 15.5. The van der Waals surface area contributed by atoms with E-state index in [1.807, 2.05) is 0 Å². The van der Waals surface area contributed by atoms with Crippen LogP contribution in [-0.4, -0.2) is 24.4 Å². The monoisotopic (exact) mass is 300 g/mol. The van der Waals surface area contributed by atoms with Crippen LogP contribution >= 0.6 is 0 Å². The van der Waals surface area contributed by atoms with Gasteiger partial charge in [-0.1, -0.05) is 0 Å². The number of aromatic nitrogens is 1. The van der Waals surface area contributed by atoms with Gasteiger partial charge in [-0.15, -0.1) is 13.2 Å². The molecule has 1 rings (SSSR count). The Morgan fingerprint density at radius 2 is 2.05 bits per heavy atom. The SMILES string of the molecule is COC(=O)c1nc(OC(F)(F)F)cc(CN)c1C(F)F. The fourth-order valence-electron chi connectivity index (χ4n) is 1.42. The third kappa shape index (κ3) is 3.76. The number of carbonyl (C=O) groups excluding carboxylic acids is 1. The van der Waals surface area contributed by atoms with Crippen molar-refractivity contribution in [3.8, 4) is 5.88 Å². The predicted molar refractivity (Wildman–Crippen MR) is 55.1 cm³/mol. The zero-order valence-electron chi connectivity index (χ0n) is 10.0. The second-order valence-electron chi connectivity index (χ2n) is 3.43. The van der Waals surface area contributed by atoms with Crippen LogP contribution in [0.15, 0.2) is 6.07 Å². The minimum Gasteiger partial charge on any atom is -0.464 e. The molecule has 5 nitrogen and oxygen atoms in total. The summed E-state index contributed by atoms with van der Waals surface area (Å²) >= 11 is 0. The fourth-order valence-corrected chi connectivity index (χ4v) is 1.42. The first-order chi connectivity index (χ1) is 9.19. The van der Waals surface area contributed by atoms with E-state index in [-0.39, 0.29) is 0 Å². The van der Waals surface area contributed by atoms with Crippen LogP contribution in [0.4, 0.5) is 22.0 Å². The van der Waals surface area contributed by atoms with E-state index in [1.54, 1.807) is 0 Å². The van der Waals surface area contributed by atoms with Crippen LogP contribution in [0, 0.1) is 0 Å². The van der Waals surface area contributed by atoms with Crippen molar-refractivity contribution < 1.29 is 36.2 Å². The molecule has 0 aromatic carbocycles. The van der Waals surface area contributed by atoms with E-state index in [0.29, 0.717) is 6.07 Å². The number of rotatable bonds is 4. The molecule has 0 unspecified atom stereocenters. The number of nitrogens with two attached hydrogens (primary N) is 1. The second-order valence-corrected chi connectivity index (χ2v) is 3.43. The predicted octanol–water partition coefficient (Wildman–Crippen LogP) is 2.16. The Labute approximate surface area is 109 Å². The number of hydrogen-bond donors (Lipinski definition) is 1. The number of halogens is 5. The smallest absolute Gasteiger partial charge is 0.464 e. The molecular weight excluding hydrogens is 291 g/mol. The number of hydrogen-bond acceptors (Lipinski definition) is 5. The standard InChI is InChI=1S/C10H9F5N2O3/c1-19-9(18)7-6(8(11)12)4(3-16)2-5(17-7)20-10(13,14)15/h2,8H,3,16H2,1H3. The molecule has 10 heteroatoms. The van der Waals surface area contributed by atoms with Crippen LogP contribution in [0.3, 0.4) is 0 Å². The number of esters is 1. The lowest BCUT2D eigenvalue weighted by atomic mass is 10.1. The summed E-state index contributed by atoms with van der Waals surface area (Å²) in [6.07, 6.45) is -8.24. The molecule has 0 aliphatic carbocycles. The van der Waals surface area contributed by atoms with Gasteiger partial charge in [0.25, 0.3) is 6.43 Å². The van der Waals surface area contributed by atoms with Gasteiger partial charge < -0.3 is 15.2 Å². The maximum absolute atomic E-state index is 12.9. The van der Waals surface area contributed by atoms with Gasteiger partial charge in [0.1, 0.15) is 0 Å². The Balaban J connectivity index is 3.43. The summed E-state index contributed by atoms with van der Waals surface area (Å²) in [5.74, 6) is -2.38. The van der Waals surface area contributed by atoms with Crippen molar-refractivity contribution in [2.45, 2.75) is 19.3 Å². The number of pyridine rings is 1. The minimum absolute atomic E-state index is 0.394. The molecule has 20 heavy (non-hydrogen) atoms. The molecule has 0 aliphatic heterocycles. The third-order valence-electron chi connectivity index (χ3n) is 2.16. The lowest BCUT2D eigenvalue weighted by molar-refractivity contribution is -0.276. The summed E-state index contributed by atoms with van der Waals surface area (Å²) in [6.45, 7) is -0.527. The summed E-state index contributed by atoms with van der Waals surface area (Å²) in [4.78, 5) is 14.4. The molecule has 0 saturated carbocycles. The molecule has 0 amide bonds. The van der Waals surface area contributed by atoms with Gasteiger partial charge in [-0.25, -0.2) is 18.6 Å². The minimum atomic E-state index is -5.08. The van der Waals surface area contributed by atoms with Crippen molar-refractivity contribution in [2.24, 2.45) is 5.73 Å². The lowest BCUT2D eigenvalue weighted by Crippen LogP contribution is -2.21. The largest absolute Gasteiger partial charge is 0.574 e. The average molecular weight is 300 g/mol. The Morgan fingerprint density at radius 1 is 1.45 bits per heavy atom. The summed E-state index contributed by atoms with van der Waals surface area (Å²) in [5.41, 5.74) is 2.94. The van der Waals surface area contributed by atoms with E-state index in [9.17, 15) is 26.7 Å². The number of alkyl halides is 5. The van der Waals surface area contributed by atoms with Crippen molar-refractivity contribution in [3.05, 3.63) is 22.9 Å². The van der Waals surface area contributed by atoms with Gasteiger partial charge in [0.2, 0.25) is 5.88 Å². The van der Waals surface area contributed by atoms with E-state index in [4.69, 9.17) is 5.73 Å². The van der Waals surface area contributed by atoms with Crippen molar-refractivity contribution in [1.82, 2.24) is 4.98 Å². The highest BCUT2D eigenvalue weighted by molar-refractivity contribution is 5.89. The van der Waals surface area contributed by atoms with E-state index in [0.717, 1.165) is 7.11 Å². The van der Waals surface area contributed by atoms with E-state index < -0.39 is 48.0 Å². The van der Waals surface area contributed by atoms with Crippen LogP contribution in [-0.2, 0) is 11.3 Å². The molecule has 2 N–H and O–H groups in total. The number of ether oxygens (including phenoxy) is 2. The van der Waals surface area contributed by atoms with Gasteiger partial charge in [0, 0.05) is 12.6 Å². The van der Waals surface area contributed by atoms with Gasteiger partial charge >= 0.3 is 12.3 Å². The topological polar surface area (TPSA) is 74.4 Å². The molecule has 1 aromatic heterocycles. The maximum Gasteiger partial charge on any atom is 0.574 e. The average Bonchev–Trinajstić information content (AvgIpc) is 2.34. The van der Waals surface area contributed by atoms with Gasteiger partial charge in [0.05, 0.1) is 12.7 Å². The van der Waals surface area contributed by atoms with Gasteiger partial charge in [-0.3, -0.25) is 0 Å². The Hall–Kier alpha value is -1.97. The highest BCUT2D eigenvalue weighted by Gasteiger charge is 2.34. The van der Waals surface area contributed by atoms with E-state index in [2.05, 4.69) is 14.5 Å². The summed E-state index contributed by atoms with van der Waals surface area (Å²) in [5, 5.41) is 0. The van der Waals surface area contributed by atoms with Gasteiger partial charge in [-0.2, -0.15) is 0 Å². The molecule has 1 heterocycles. The second kappa shape index (κ2) is 5.99. The number of nitrogens with zero attached hydrogens (tertiary/aromatic N) is 1. The normalized spacial score (nSPS) is 11.6. The number of methoxy groups -OCH3 is 1. The van der Waals surface area contributed by atoms with Gasteiger partial charge in [0.15, 0.2) is 5.69 Å². The molecule has 0 bridgehead atoms. The van der Waals surface area contributed by atoms with Crippen molar-refractivity contribution in [1.29, 1.82) is 0 Å². The van der Waals surface area contributed by atoms with Gasteiger partial charge in [-0.05, 0) is 5.56 Å². The van der Waals surface area contributed by atoms with Crippen LogP contribution in [0.5, 0.6) is 5.88 Å². The molecule has 0 radical (unpaired) electrons. The summed E-state index contributed by atoms with van der Waals surface area (Å²) in [7, 11) is 0.874. The molecule has 1 aromatic rings. The summed E-state index contributed by atoms with van der Waals surface area (Å²) < 4.78 is 69.7. The van der Waals surface area contributed by atoms with Crippen molar-refractivity contribution in [2.75, 3.05) is 7.11 Å². The molecular formula is C10H9F5N2O3. The van der Waals surface area contributed by atoms with Crippen LogP contribution < -0.4 is 10.5 Å². The van der Waals surface area contributed by atoms with Crippen LogP contribution in [0.25, 0.3) is 0 Å². The third-order valence-corrected chi connectivity index (χ3v) is 2.16. The highest BCUT2D eigenvalue weighted by atomic mass is 19.4. The summed E-state index contributed by atoms with van der Waals surface area (Å²) in [6, 6.07) is 0.599. The van der Waals surface area contributed by atoms with Crippen molar-refractivity contribution >= 4 is 5.97 Å². The first-order valence-corrected chi connectivity index (χ1v) is 5.05. The quantitative estimate of drug-likeness (QED) is 0.681. The van der Waals surface area contributed by atoms with Crippen LogP contribution in [0.2, 0.25) is 0 Å². The molecule has 0 saturated heterocycles. The Morgan fingerprint density at radius 3 is 2.45 bits per heavy atom. The van der Waals surface area contributed by atoms with E-state index in [1.165, 1.54) is 0 Å². The van der Waals surface area contributed by atoms with Crippen LogP contribution in [0.1, 0.15) is 28.0 Å². The fraction of sp³-hybridized carbons (Fsp3) is 0.400. The number of carbonyl (C=O) groups is 1. The first kappa shape index (κ1) is 16.1. The molecule has 0 fully saturated rings. The lowest BCUT2D eigenvalue weighted by Gasteiger charge is -2.14. The Bertz CT molecular complexity index is 504. The highest BCUT2D eigenvalue weighted by Crippen LogP contribution is 2.30. The maximum atomic E-state index is 12.9. The first-order valence-electron chi connectivity index (χ1n) is 5.05. The molecule has 112 valence electrons. The van der Waals surface area contributed by atoms with E-state index >= 15 is 0 Å². The molecule has 0 atom stereocenters.